The lowest BCUT2D eigenvalue weighted by atomic mass is 10.4. The van der Waals surface area contributed by atoms with Crippen LogP contribution in [0.5, 0.6) is 0 Å². The molecule has 1 atom stereocenters. The maximum absolute atomic E-state index is 11.5. The normalized spacial score (nSPS) is 19.0. The molecule has 0 aromatic carbocycles. The lowest BCUT2D eigenvalue weighted by molar-refractivity contribution is -0.116. The van der Waals surface area contributed by atoms with Crippen molar-refractivity contribution in [3.63, 3.8) is 0 Å². The number of carbonyl (C=O) groups excluding carboxylic acids is 2. The second kappa shape index (κ2) is 4.93. The number of urea groups is 1. The molecule has 1 unspecified atom stereocenters. The van der Waals surface area contributed by atoms with Gasteiger partial charge in [-0.3, -0.25) is 9.69 Å². The highest BCUT2D eigenvalue weighted by Crippen LogP contribution is 2.10. The Morgan fingerprint density at radius 2 is 2.53 bits per heavy atom. The fourth-order valence-corrected chi connectivity index (χ4v) is 1.78. The smallest absolute Gasteiger partial charge is 0.324 e. The zero-order chi connectivity index (χ0) is 12.3. The molecule has 0 fully saturated rings. The third kappa shape index (κ3) is 3.02. The van der Waals surface area contributed by atoms with Gasteiger partial charge in [-0.15, -0.1) is 11.3 Å². The third-order valence-corrected chi connectivity index (χ3v) is 2.66. The quantitative estimate of drug-likeness (QED) is 0.704. The predicted molar refractivity (Wildman–Crippen MR) is 61.1 cm³/mol. The summed E-state index contributed by atoms with van der Waals surface area (Å²) in [5.74, 6) is -0.351. The number of anilines is 1. The number of aromatic nitrogens is 1. The van der Waals surface area contributed by atoms with Crippen molar-refractivity contribution >= 4 is 28.4 Å². The summed E-state index contributed by atoms with van der Waals surface area (Å²) < 4.78 is 0. The molecule has 1 aliphatic rings. The molecule has 90 valence electrons. The maximum Gasteiger partial charge on any atom is 0.324 e. The summed E-state index contributed by atoms with van der Waals surface area (Å²) in [6, 6.07) is -0.519. The van der Waals surface area contributed by atoms with Crippen molar-refractivity contribution < 1.29 is 14.7 Å². The van der Waals surface area contributed by atoms with Crippen LogP contribution in [-0.2, 0) is 4.79 Å². The number of hydrogen-bond acceptors (Lipinski definition) is 5. The lowest BCUT2D eigenvalue weighted by Crippen LogP contribution is -2.47. The monoisotopic (exact) mass is 254 g/mol. The maximum atomic E-state index is 11.5. The van der Waals surface area contributed by atoms with Gasteiger partial charge in [0.2, 0.25) is 5.91 Å². The summed E-state index contributed by atoms with van der Waals surface area (Å²) >= 11 is 1.29. The molecule has 1 aromatic heterocycles. The van der Waals surface area contributed by atoms with Gasteiger partial charge >= 0.3 is 6.03 Å². The first-order chi connectivity index (χ1) is 8.15. The molecule has 8 heteroatoms. The summed E-state index contributed by atoms with van der Waals surface area (Å²) in [6.45, 7) is -0.130. The average Bonchev–Trinajstić information content (AvgIpc) is 2.75. The average molecular weight is 254 g/mol. The molecular weight excluding hydrogens is 244 g/mol. The molecule has 0 bridgehead atoms. The number of hydrogen-bond donors (Lipinski definition) is 3. The summed E-state index contributed by atoms with van der Waals surface area (Å²) in [7, 11) is 0. The van der Waals surface area contributed by atoms with E-state index in [2.05, 4.69) is 15.6 Å². The van der Waals surface area contributed by atoms with Gasteiger partial charge in [0.05, 0.1) is 0 Å². The molecular formula is C9H10N4O3S. The molecule has 0 saturated heterocycles. The zero-order valence-electron chi connectivity index (χ0n) is 8.66. The largest absolute Gasteiger partial charge is 0.370 e. The van der Waals surface area contributed by atoms with Gasteiger partial charge < -0.3 is 15.7 Å². The summed E-state index contributed by atoms with van der Waals surface area (Å²) in [4.78, 5) is 27.9. The molecule has 3 N–H and O–H groups in total. The Balaban J connectivity index is 1.90. The second-order valence-corrected chi connectivity index (χ2v) is 4.14. The SMILES string of the molecule is O=C(CN1C=CC(O)NC1=O)Nc1nccs1. The Bertz CT molecular complexity index is 445. The van der Waals surface area contributed by atoms with Crippen molar-refractivity contribution in [1.82, 2.24) is 15.2 Å². The van der Waals surface area contributed by atoms with Gasteiger partial charge in [0.15, 0.2) is 5.13 Å². The molecule has 0 saturated carbocycles. The summed E-state index contributed by atoms with van der Waals surface area (Å²) in [5.41, 5.74) is 0. The van der Waals surface area contributed by atoms with Crippen LogP contribution < -0.4 is 10.6 Å². The lowest BCUT2D eigenvalue weighted by Gasteiger charge is -2.24. The van der Waals surface area contributed by atoms with E-state index in [9.17, 15) is 9.59 Å². The second-order valence-electron chi connectivity index (χ2n) is 3.25. The summed E-state index contributed by atoms with van der Waals surface area (Å²) in [5, 5.41) is 16.1. The van der Waals surface area contributed by atoms with E-state index >= 15 is 0 Å². The van der Waals surface area contributed by atoms with E-state index in [1.807, 2.05) is 0 Å². The Kier molecular flexibility index (Phi) is 3.35. The van der Waals surface area contributed by atoms with Crippen molar-refractivity contribution in [3.8, 4) is 0 Å². The minimum atomic E-state index is -0.999. The van der Waals surface area contributed by atoms with Crippen LogP contribution in [0.2, 0.25) is 0 Å². The van der Waals surface area contributed by atoms with Crippen molar-refractivity contribution in [1.29, 1.82) is 0 Å². The van der Waals surface area contributed by atoms with Crippen LogP contribution in [0.25, 0.3) is 0 Å². The van der Waals surface area contributed by atoms with Crippen molar-refractivity contribution in [2.75, 3.05) is 11.9 Å². The van der Waals surface area contributed by atoms with Gasteiger partial charge in [-0.2, -0.15) is 0 Å². The highest BCUT2D eigenvalue weighted by molar-refractivity contribution is 7.13. The van der Waals surface area contributed by atoms with Crippen molar-refractivity contribution in [3.05, 3.63) is 23.9 Å². The van der Waals surface area contributed by atoms with Gasteiger partial charge in [0.25, 0.3) is 0 Å². The van der Waals surface area contributed by atoms with Crippen LogP contribution in [0.1, 0.15) is 0 Å². The Hall–Kier alpha value is -1.93. The van der Waals surface area contributed by atoms with Crippen molar-refractivity contribution in [2.24, 2.45) is 0 Å². The fourth-order valence-electron chi connectivity index (χ4n) is 1.23. The molecule has 17 heavy (non-hydrogen) atoms. The van der Waals surface area contributed by atoms with Crippen LogP contribution in [0.15, 0.2) is 23.9 Å². The number of carbonyl (C=O) groups is 2. The van der Waals surface area contributed by atoms with Gasteiger partial charge in [-0.25, -0.2) is 9.78 Å². The third-order valence-electron chi connectivity index (χ3n) is 1.97. The van der Waals surface area contributed by atoms with E-state index in [1.54, 1.807) is 11.6 Å². The fraction of sp³-hybridized carbons (Fsp3) is 0.222. The molecule has 1 aromatic rings. The predicted octanol–water partition coefficient (Wildman–Crippen LogP) is -0.0611. The van der Waals surface area contributed by atoms with E-state index < -0.39 is 12.3 Å². The molecule has 7 nitrogen and oxygen atoms in total. The molecule has 0 radical (unpaired) electrons. The molecule has 0 aliphatic carbocycles. The van der Waals surface area contributed by atoms with Crippen LogP contribution >= 0.6 is 11.3 Å². The summed E-state index contributed by atoms with van der Waals surface area (Å²) in [6.07, 6.45) is 3.31. The number of thiazole rings is 1. The number of amides is 3. The molecule has 3 amide bonds. The van der Waals surface area contributed by atoms with E-state index in [0.29, 0.717) is 5.13 Å². The van der Waals surface area contributed by atoms with Crippen LogP contribution in [0, 0.1) is 0 Å². The molecule has 0 spiro atoms. The zero-order valence-corrected chi connectivity index (χ0v) is 9.48. The Morgan fingerprint density at radius 3 is 3.18 bits per heavy atom. The van der Waals surface area contributed by atoms with E-state index in [-0.39, 0.29) is 12.5 Å². The van der Waals surface area contributed by atoms with Crippen LogP contribution in [-0.4, -0.2) is 39.7 Å². The highest BCUT2D eigenvalue weighted by Gasteiger charge is 2.20. The molecule has 2 heterocycles. The van der Waals surface area contributed by atoms with Gasteiger partial charge in [0, 0.05) is 17.8 Å². The first-order valence-corrected chi connectivity index (χ1v) is 5.66. The first kappa shape index (κ1) is 11.6. The number of aliphatic hydroxyl groups is 1. The number of rotatable bonds is 3. The minimum absolute atomic E-state index is 0.130. The van der Waals surface area contributed by atoms with Crippen molar-refractivity contribution in [2.45, 2.75) is 6.23 Å². The van der Waals surface area contributed by atoms with Crippen LogP contribution in [0.4, 0.5) is 9.93 Å². The first-order valence-electron chi connectivity index (χ1n) is 4.78. The van der Waals surface area contributed by atoms with Crippen LogP contribution in [0.3, 0.4) is 0 Å². The highest BCUT2D eigenvalue weighted by atomic mass is 32.1. The Labute approximate surface area is 101 Å². The number of nitrogens with zero attached hydrogens (tertiary/aromatic N) is 2. The van der Waals surface area contributed by atoms with Gasteiger partial charge in [0.1, 0.15) is 12.8 Å². The molecule has 1 aliphatic heterocycles. The molecule has 2 rings (SSSR count). The van der Waals surface area contributed by atoms with Gasteiger partial charge in [-0.05, 0) is 6.08 Å². The van der Waals surface area contributed by atoms with E-state index in [0.717, 1.165) is 4.90 Å². The minimum Gasteiger partial charge on any atom is -0.370 e. The number of aliphatic hydroxyl groups excluding tert-OH is 1. The standard InChI is InChI=1S/C9H10N4O3S/c14-6-1-3-13(9(16)12-6)5-7(15)11-8-10-2-4-17-8/h1-4,6,14H,5H2,(H,12,16)(H,10,11,15). The number of nitrogens with one attached hydrogen (secondary N) is 2. The topological polar surface area (TPSA) is 94.6 Å². The van der Waals surface area contributed by atoms with E-state index in [1.165, 1.54) is 23.6 Å². The van der Waals surface area contributed by atoms with E-state index in [4.69, 9.17) is 5.11 Å². The Morgan fingerprint density at radius 1 is 1.71 bits per heavy atom. The van der Waals surface area contributed by atoms with Gasteiger partial charge in [-0.1, -0.05) is 0 Å².